The maximum Gasteiger partial charge on any atom is 0.325 e. The third-order valence-corrected chi connectivity index (χ3v) is 3.11. The van der Waals surface area contributed by atoms with Gasteiger partial charge in [-0.1, -0.05) is 13.3 Å². The summed E-state index contributed by atoms with van der Waals surface area (Å²) in [4.78, 5) is 24.8. The molecule has 0 aliphatic carbocycles. The van der Waals surface area contributed by atoms with E-state index in [9.17, 15) is 14.0 Å². The van der Waals surface area contributed by atoms with Crippen LogP contribution in [0.25, 0.3) is 0 Å². The highest BCUT2D eigenvalue weighted by Gasteiger charge is 2.37. The van der Waals surface area contributed by atoms with Crippen LogP contribution in [0.1, 0.15) is 30.9 Å². The van der Waals surface area contributed by atoms with Gasteiger partial charge in [0.2, 0.25) is 0 Å². The van der Waals surface area contributed by atoms with Crippen LogP contribution in [-0.2, 0) is 11.3 Å². The molecule has 104 valence electrons. The van der Waals surface area contributed by atoms with Crippen molar-refractivity contribution in [2.24, 2.45) is 0 Å². The Bertz CT molecular complexity index is 595. The zero-order chi connectivity index (χ0) is 14.7. The second kappa shape index (κ2) is 5.70. The number of rotatable bonds is 4. The highest BCUT2D eigenvalue weighted by molar-refractivity contribution is 6.04. The predicted molar refractivity (Wildman–Crippen MR) is 68.9 cm³/mol. The Morgan fingerprint density at radius 3 is 2.80 bits per heavy atom. The summed E-state index contributed by atoms with van der Waals surface area (Å²) in [5.41, 5.74) is 0.583. The Morgan fingerprint density at radius 2 is 2.15 bits per heavy atom. The Balaban J connectivity index is 2.18. The monoisotopic (exact) mass is 275 g/mol. The van der Waals surface area contributed by atoms with Crippen LogP contribution >= 0.6 is 0 Å². The zero-order valence-corrected chi connectivity index (χ0v) is 11.0. The summed E-state index contributed by atoms with van der Waals surface area (Å²) in [6.07, 6.45) is 1.36. The number of carbonyl (C=O) groups excluding carboxylic acids is 2. The van der Waals surface area contributed by atoms with E-state index in [1.807, 2.05) is 13.0 Å². The van der Waals surface area contributed by atoms with Crippen LogP contribution in [0.15, 0.2) is 18.2 Å². The average Bonchev–Trinajstić information content (AvgIpc) is 2.66. The van der Waals surface area contributed by atoms with Crippen LogP contribution in [0.3, 0.4) is 0 Å². The summed E-state index contributed by atoms with van der Waals surface area (Å²) in [6.45, 7) is 1.89. The minimum atomic E-state index is -0.559. The fraction of sp³-hybridized carbons (Fsp3) is 0.357. The molecule has 0 aromatic heterocycles. The van der Waals surface area contributed by atoms with E-state index in [2.05, 4.69) is 5.32 Å². The van der Waals surface area contributed by atoms with Crippen molar-refractivity contribution in [2.45, 2.75) is 32.4 Å². The first-order valence-corrected chi connectivity index (χ1v) is 6.36. The highest BCUT2D eigenvalue weighted by Crippen LogP contribution is 2.16. The number of benzene rings is 1. The van der Waals surface area contributed by atoms with Crippen molar-refractivity contribution in [1.82, 2.24) is 10.2 Å². The smallest absolute Gasteiger partial charge is 0.325 e. The van der Waals surface area contributed by atoms with Crippen LogP contribution in [0, 0.1) is 17.1 Å². The van der Waals surface area contributed by atoms with Gasteiger partial charge in [0.15, 0.2) is 0 Å². The number of carbonyl (C=O) groups is 2. The van der Waals surface area contributed by atoms with Gasteiger partial charge in [0.05, 0.1) is 18.2 Å². The van der Waals surface area contributed by atoms with Crippen LogP contribution < -0.4 is 5.32 Å². The molecular weight excluding hydrogens is 261 g/mol. The molecule has 1 fully saturated rings. The number of hydrogen-bond donors (Lipinski definition) is 1. The molecular formula is C14H14FN3O2. The van der Waals surface area contributed by atoms with Gasteiger partial charge in [0, 0.05) is 0 Å². The topological polar surface area (TPSA) is 73.2 Å². The van der Waals surface area contributed by atoms with E-state index in [-0.39, 0.29) is 18.0 Å². The molecule has 20 heavy (non-hydrogen) atoms. The van der Waals surface area contributed by atoms with Crippen molar-refractivity contribution in [3.63, 3.8) is 0 Å². The maximum atomic E-state index is 13.3. The molecule has 0 spiro atoms. The number of imide groups is 1. The van der Waals surface area contributed by atoms with Crippen LogP contribution in [-0.4, -0.2) is 22.9 Å². The van der Waals surface area contributed by atoms with Crippen LogP contribution in [0.4, 0.5) is 9.18 Å². The van der Waals surface area contributed by atoms with Gasteiger partial charge in [-0.3, -0.25) is 9.69 Å². The van der Waals surface area contributed by atoms with Crippen LogP contribution in [0.5, 0.6) is 0 Å². The van der Waals surface area contributed by atoms with Gasteiger partial charge >= 0.3 is 6.03 Å². The van der Waals surface area contributed by atoms with Crippen molar-refractivity contribution >= 4 is 11.9 Å². The fourth-order valence-electron chi connectivity index (χ4n) is 2.20. The number of hydrogen-bond acceptors (Lipinski definition) is 3. The lowest BCUT2D eigenvalue weighted by molar-refractivity contribution is -0.128. The van der Waals surface area contributed by atoms with Gasteiger partial charge in [-0.2, -0.15) is 5.26 Å². The summed E-state index contributed by atoms with van der Waals surface area (Å²) in [6, 6.07) is 4.65. The molecule has 1 aromatic rings. The van der Waals surface area contributed by atoms with E-state index in [4.69, 9.17) is 5.26 Å². The number of nitrogens with zero attached hydrogens (tertiary/aromatic N) is 2. The van der Waals surface area contributed by atoms with E-state index >= 15 is 0 Å². The number of amides is 3. The van der Waals surface area contributed by atoms with Gasteiger partial charge in [0.25, 0.3) is 5.91 Å². The molecule has 1 aliphatic heterocycles. The Morgan fingerprint density at radius 1 is 1.40 bits per heavy atom. The number of nitriles is 1. The normalized spacial score (nSPS) is 18.1. The summed E-state index contributed by atoms with van der Waals surface area (Å²) in [5.74, 6) is -0.865. The second-order valence-corrected chi connectivity index (χ2v) is 4.68. The Hall–Kier alpha value is -2.42. The lowest BCUT2D eigenvalue weighted by Crippen LogP contribution is -2.31. The minimum Gasteiger partial charge on any atom is -0.326 e. The molecule has 0 bridgehead atoms. The third-order valence-electron chi connectivity index (χ3n) is 3.11. The third kappa shape index (κ3) is 2.77. The van der Waals surface area contributed by atoms with E-state index < -0.39 is 17.9 Å². The molecule has 0 saturated carbocycles. The molecule has 1 N–H and O–H groups in total. The van der Waals surface area contributed by atoms with E-state index in [1.165, 1.54) is 12.1 Å². The SMILES string of the molecule is CCCC1NC(=O)N(Cc2cc(F)cc(C#N)c2)C1=O. The van der Waals surface area contributed by atoms with Crippen LogP contribution in [0.2, 0.25) is 0 Å². The molecule has 1 aliphatic rings. The molecule has 3 amide bonds. The van der Waals surface area contributed by atoms with Crippen molar-refractivity contribution < 1.29 is 14.0 Å². The summed E-state index contributed by atoms with van der Waals surface area (Å²) in [7, 11) is 0. The van der Waals surface area contributed by atoms with Gasteiger partial charge < -0.3 is 5.32 Å². The van der Waals surface area contributed by atoms with Gasteiger partial charge in [-0.25, -0.2) is 9.18 Å². The van der Waals surface area contributed by atoms with Crippen molar-refractivity contribution in [3.8, 4) is 6.07 Å². The van der Waals surface area contributed by atoms with E-state index in [1.54, 1.807) is 0 Å². The summed E-state index contributed by atoms with van der Waals surface area (Å²) in [5, 5.41) is 11.4. The Labute approximate surface area is 116 Å². The molecule has 1 saturated heterocycles. The van der Waals surface area contributed by atoms with Gasteiger partial charge in [0.1, 0.15) is 11.9 Å². The zero-order valence-electron chi connectivity index (χ0n) is 11.0. The predicted octanol–water partition coefficient (Wildman–Crippen LogP) is 1.92. The van der Waals surface area contributed by atoms with Gasteiger partial charge in [-0.15, -0.1) is 0 Å². The molecule has 5 nitrogen and oxygen atoms in total. The van der Waals surface area contributed by atoms with Gasteiger partial charge in [-0.05, 0) is 30.2 Å². The molecule has 2 rings (SSSR count). The van der Waals surface area contributed by atoms with Crippen molar-refractivity contribution in [1.29, 1.82) is 5.26 Å². The lowest BCUT2D eigenvalue weighted by atomic mass is 10.1. The first kappa shape index (κ1) is 14.0. The second-order valence-electron chi connectivity index (χ2n) is 4.68. The fourth-order valence-corrected chi connectivity index (χ4v) is 2.20. The minimum absolute atomic E-state index is 0.0304. The number of nitrogens with one attached hydrogen (secondary N) is 1. The number of urea groups is 1. The molecule has 1 heterocycles. The first-order valence-electron chi connectivity index (χ1n) is 6.36. The maximum absolute atomic E-state index is 13.3. The lowest BCUT2D eigenvalue weighted by Gasteiger charge is -2.13. The molecule has 1 unspecified atom stereocenters. The molecule has 1 aromatic carbocycles. The summed E-state index contributed by atoms with van der Waals surface area (Å²) < 4.78 is 13.3. The number of halogens is 1. The molecule has 0 radical (unpaired) electrons. The largest absolute Gasteiger partial charge is 0.326 e. The van der Waals surface area contributed by atoms with Crippen molar-refractivity contribution in [3.05, 3.63) is 35.1 Å². The standard InChI is InChI=1S/C14H14FN3O2/c1-2-3-12-13(19)18(14(20)17-12)8-10-4-9(7-16)5-11(15)6-10/h4-6,12H,2-3,8H2,1H3,(H,17,20). The van der Waals surface area contributed by atoms with E-state index in [0.29, 0.717) is 12.0 Å². The highest BCUT2D eigenvalue weighted by atomic mass is 19.1. The first-order chi connectivity index (χ1) is 9.55. The van der Waals surface area contributed by atoms with E-state index in [0.717, 1.165) is 17.4 Å². The Kier molecular flexibility index (Phi) is 3.99. The van der Waals surface area contributed by atoms with Crippen molar-refractivity contribution in [2.75, 3.05) is 0 Å². The quantitative estimate of drug-likeness (QED) is 0.853. The molecule has 6 heteroatoms. The average molecular weight is 275 g/mol. The molecule has 1 atom stereocenters. The summed E-state index contributed by atoms with van der Waals surface area (Å²) >= 11 is 0.